The van der Waals surface area contributed by atoms with Crippen molar-refractivity contribution in [2.24, 2.45) is 0 Å². The van der Waals surface area contributed by atoms with E-state index in [-0.39, 0.29) is 25.2 Å². The van der Waals surface area contributed by atoms with Gasteiger partial charge in [0.05, 0.1) is 6.61 Å². The van der Waals surface area contributed by atoms with Crippen molar-refractivity contribution >= 4 is 18.0 Å². The first-order chi connectivity index (χ1) is 18.0. The minimum Gasteiger partial charge on any atom is -0.395 e. The van der Waals surface area contributed by atoms with Crippen molar-refractivity contribution in [1.29, 1.82) is 0 Å². The molecule has 0 radical (unpaired) electrons. The van der Waals surface area contributed by atoms with Crippen LogP contribution in [0.4, 0.5) is 10.5 Å². The Kier molecular flexibility index (Phi) is 7.81. The molecule has 0 bridgehead atoms. The normalized spacial score (nSPS) is 19.6. The van der Waals surface area contributed by atoms with Gasteiger partial charge in [-0.2, -0.15) is 0 Å². The van der Waals surface area contributed by atoms with E-state index in [1.807, 2.05) is 19.2 Å². The molecule has 0 unspecified atom stereocenters. The Balaban J connectivity index is 1.21. The molecule has 2 aromatic carbocycles. The highest BCUT2D eigenvalue weighted by molar-refractivity contribution is 5.81. The van der Waals surface area contributed by atoms with Gasteiger partial charge in [-0.25, -0.2) is 4.79 Å². The van der Waals surface area contributed by atoms with Gasteiger partial charge < -0.3 is 24.6 Å². The summed E-state index contributed by atoms with van der Waals surface area (Å²) in [6.07, 6.45) is 6.30. The van der Waals surface area contributed by atoms with Crippen molar-refractivity contribution < 1.29 is 14.7 Å². The summed E-state index contributed by atoms with van der Waals surface area (Å²) in [4.78, 5) is 34.5. The van der Waals surface area contributed by atoms with E-state index < -0.39 is 5.54 Å². The summed E-state index contributed by atoms with van der Waals surface area (Å²) in [7, 11) is 1.84. The van der Waals surface area contributed by atoms with Crippen molar-refractivity contribution in [3.05, 3.63) is 65.2 Å². The SMILES string of the molecule is CN(C(=O)N(CCO)C1(C=O)CCN(Cc2ccc(N3CCCC3)cc2)CC1)C1Cc2ccccc2C1. The fraction of sp³-hybridized carbons (Fsp3) is 0.533. The second-order valence-corrected chi connectivity index (χ2v) is 11.0. The summed E-state index contributed by atoms with van der Waals surface area (Å²) in [5.41, 5.74) is 4.26. The van der Waals surface area contributed by atoms with E-state index in [2.05, 4.69) is 46.2 Å². The van der Waals surface area contributed by atoms with E-state index >= 15 is 0 Å². The van der Waals surface area contributed by atoms with Gasteiger partial charge in [0.2, 0.25) is 0 Å². The molecule has 2 aromatic rings. The maximum atomic E-state index is 13.7. The number of likely N-dealkylation sites (N-methyl/N-ethyl adjacent to an activating group) is 1. The molecule has 37 heavy (non-hydrogen) atoms. The van der Waals surface area contributed by atoms with Crippen molar-refractivity contribution in [3.8, 4) is 0 Å². The highest BCUT2D eigenvalue weighted by Crippen LogP contribution is 2.31. The van der Waals surface area contributed by atoms with E-state index in [1.165, 1.54) is 35.2 Å². The lowest BCUT2D eigenvalue weighted by Gasteiger charge is -2.47. The number of aliphatic hydroxyl groups is 1. The Hall–Kier alpha value is -2.90. The minimum atomic E-state index is -0.879. The molecule has 198 valence electrons. The number of anilines is 1. The molecule has 2 fully saturated rings. The second kappa shape index (κ2) is 11.2. The van der Waals surface area contributed by atoms with Crippen LogP contribution in [0.1, 0.15) is 42.4 Å². The summed E-state index contributed by atoms with van der Waals surface area (Å²) >= 11 is 0. The molecule has 7 nitrogen and oxygen atoms in total. The first-order valence-electron chi connectivity index (χ1n) is 13.8. The molecule has 7 heteroatoms. The van der Waals surface area contributed by atoms with Crippen molar-refractivity contribution in [2.45, 2.75) is 56.7 Å². The lowest BCUT2D eigenvalue weighted by Crippen LogP contribution is -2.62. The van der Waals surface area contributed by atoms with Gasteiger partial charge in [0, 0.05) is 58.0 Å². The fourth-order valence-corrected chi connectivity index (χ4v) is 6.36. The van der Waals surface area contributed by atoms with Gasteiger partial charge in [0.25, 0.3) is 0 Å². The van der Waals surface area contributed by atoms with E-state index in [9.17, 15) is 14.7 Å². The van der Waals surface area contributed by atoms with Gasteiger partial charge >= 0.3 is 6.03 Å². The predicted molar refractivity (Wildman–Crippen MR) is 146 cm³/mol. The zero-order valence-corrected chi connectivity index (χ0v) is 22.0. The van der Waals surface area contributed by atoms with Crippen LogP contribution in [-0.4, -0.2) is 90.1 Å². The maximum Gasteiger partial charge on any atom is 0.320 e. The molecule has 1 aliphatic carbocycles. The van der Waals surface area contributed by atoms with Crippen LogP contribution in [0.5, 0.6) is 0 Å². The molecule has 0 spiro atoms. The van der Waals surface area contributed by atoms with Crippen LogP contribution in [0.3, 0.4) is 0 Å². The molecule has 2 amide bonds. The van der Waals surface area contributed by atoms with Crippen LogP contribution in [0.2, 0.25) is 0 Å². The molecule has 2 aliphatic heterocycles. The molecule has 1 N–H and O–H groups in total. The van der Waals surface area contributed by atoms with Crippen LogP contribution in [0.15, 0.2) is 48.5 Å². The fourth-order valence-electron chi connectivity index (χ4n) is 6.36. The zero-order valence-electron chi connectivity index (χ0n) is 22.0. The number of carbonyl (C=O) groups is 2. The molecule has 5 rings (SSSR count). The van der Waals surface area contributed by atoms with Crippen molar-refractivity contribution in [2.75, 3.05) is 51.3 Å². The number of carbonyl (C=O) groups excluding carboxylic acids is 2. The molecule has 0 aromatic heterocycles. The quantitative estimate of drug-likeness (QED) is 0.559. The number of hydrogen-bond donors (Lipinski definition) is 1. The van der Waals surface area contributed by atoms with E-state index in [0.29, 0.717) is 12.8 Å². The maximum absolute atomic E-state index is 13.7. The van der Waals surface area contributed by atoms with Gasteiger partial charge in [-0.15, -0.1) is 0 Å². The zero-order chi connectivity index (χ0) is 25.8. The van der Waals surface area contributed by atoms with Crippen LogP contribution in [0.25, 0.3) is 0 Å². The Morgan fingerprint density at radius 2 is 1.62 bits per heavy atom. The first kappa shape index (κ1) is 25.7. The number of rotatable bonds is 8. The Bertz CT molecular complexity index is 1050. The standard InChI is InChI=1S/C30H40N4O3/c1-31(28-20-25-6-2-3-7-26(25)21-28)29(37)34(18-19-35)30(23-36)12-16-32(17-13-30)22-24-8-10-27(11-9-24)33-14-4-5-15-33/h2-3,6-11,23,28,35H,4-5,12-22H2,1H3. The first-order valence-corrected chi connectivity index (χ1v) is 13.8. The van der Waals surface area contributed by atoms with Crippen LogP contribution < -0.4 is 4.90 Å². The molecule has 0 saturated carbocycles. The summed E-state index contributed by atoms with van der Waals surface area (Å²) in [6.45, 7) is 4.60. The van der Waals surface area contributed by atoms with Crippen LogP contribution in [0, 0.1) is 0 Å². The summed E-state index contributed by atoms with van der Waals surface area (Å²) in [5.74, 6) is 0. The number of amides is 2. The van der Waals surface area contributed by atoms with E-state index in [0.717, 1.165) is 51.9 Å². The Labute approximate surface area is 220 Å². The number of nitrogens with zero attached hydrogens (tertiary/aromatic N) is 4. The molecule has 0 atom stereocenters. The van der Waals surface area contributed by atoms with Gasteiger partial charge in [0.15, 0.2) is 0 Å². The topological polar surface area (TPSA) is 67.3 Å². The van der Waals surface area contributed by atoms with Crippen molar-refractivity contribution in [1.82, 2.24) is 14.7 Å². The third-order valence-corrected chi connectivity index (χ3v) is 8.73. The van der Waals surface area contributed by atoms with Crippen molar-refractivity contribution in [3.63, 3.8) is 0 Å². The predicted octanol–water partition coefficient (Wildman–Crippen LogP) is 3.33. The lowest BCUT2D eigenvalue weighted by molar-refractivity contribution is -0.120. The second-order valence-electron chi connectivity index (χ2n) is 11.0. The largest absolute Gasteiger partial charge is 0.395 e. The smallest absolute Gasteiger partial charge is 0.320 e. The summed E-state index contributed by atoms with van der Waals surface area (Å²) < 4.78 is 0. The number of piperidine rings is 1. The number of benzene rings is 2. The average Bonchev–Trinajstić information content (AvgIpc) is 3.63. The molecular weight excluding hydrogens is 464 g/mol. The summed E-state index contributed by atoms with van der Waals surface area (Å²) in [6, 6.07) is 17.1. The third-order valence-electron chi connectivity index (χ3n) is 8.73. The molecule has 3 aliphatic rings. The molecular formula is C30H40N4O3. The van der Waals surface area contributed by atoms with E-state index in [1.54, 1.807) is 9.80 Å². The number of likely N-dealkylation sites (tertiary alicyclic amines) is 1. The average molecular weight is 505 g/mol. The van der Waals surface area contributed by atoms with Gasteiger partial charge in [-0.3, -0.25) is 4.90 Å². The third kappa shape index (κ3) is 5.39. The van der Waals surface area contributed by atoms with Gasteiger partial charge in [-0.05, 0) is 67.3 Å². The van der Waals surface area contributed by atoms with Crippen LogP contribution in [-0.2, 0) is 24.2 Å². The Morgan fingerprint density at radius 3 is 2.19 bits per heavy atom. The number of aldehydes is 1. The molecule has 2 saturated heterocycles. The lowest BCUT2D eigenvalue weighted by atomic mass is 9.86. The van der Waals surface area contributed by atoms with E-state index in [4.69, 9.17) is 0 Å². The number of aliphatic hydroxyl groups excluding tert-OH is 1. The van der Waals surface area contributed by atoms with Gasteiger partial charge in [-0.1, -0.05) is 36.4 Å². The minimum absolute atomic E-state index is 0.0680. The summed E-state index contributed by atoms with van der Waals surface area (Å²) in [5, 5.41) is 9.82. The number of urea groups is 1. The Morgan fingerprint density at radius 1 is 1.00 bits per heavy atom. The highest BCUT2D eigenvalue weighted by Gasteiger charge is 2.44. The van der Waals surface area contributed by atoms with Crippen LogP contribution >= 0.6 is 0 Å². The number of β-amino-alcohol motifs (C(OH)–C–C–N with tert-alkyl or cyclic N) is 1. The number of fused-ring (bicyclic) bond motifs is 1. The molecule has 2 heterocycles. The van der Waals surface area contributed by atoms with Gasteiger partial charge in [0.1, 0.15) is 11.8 Å². The highest BCUT2D eigenvalue weighted by atomic mass is 16.3. The monoisotopic (exact) mass is 504 g/mol. The number of hydrogen-bond acceptors (Lipinski definition) is 5.